The van der Waals surface area contributed by atoms with Crippen molar-refractivity contribution in [1.29, 1.82) is 0 Å². The van der Waals surface area contributed by atoms with Crippen LogP contribution in [0.2, 0.25) is 0 Å². The monoisotopic (exact) mass is 606 g/mol. The third-order valence-electron chi connectivity index (χ3n) is 8.26. The SMILES string of the molecule is CC(=O)N1CCCC1C(=O)Nc1ccc(-c2nnc(-c3ccc(NC(=O)C4CCCN4C(=O)Cc4ccccc4)cc3)o2)cc1. The normalized spacial score (nSPS) is 17.7. The van der Waals surface area contributed by atoms with Crippen LogP contribution >= 0.6 is 0 Å². The van der Waals surface area contributed by atoms with Crippen molar-refractivity contribution in [2.75, 3.05) is 23.7 Å². The number of carbonyl (C=O) groups is 4. The zero-order valence-corrected chi connectivity index (χ0v) is 24.9. The van der Waals surface area contributed by atoms with Crippen LogP contribution in [0.5, 0.6) is 0 Å². The largest absolute Gasteiger partial charge is 0.416 e. The second kappa shape index (κ2) is 13.1. The fourth-order valence-electron chi connectivity index (χ4n) is 5.93. The number of likely N-dealkylation sites (tertiary alicyclic amines) is 2. The van der Waals surface area contributed by atoms with Crippen molar-refractivity contribution in [3.8, 4) is 22.9 Å². The van der Waals surface area contributed by atoms with Gasteiger partial charge in [-0.1, -0.05) is 30.3 Å². The predicted molar refractivity (Wildman–Crippen MR) is 168 cm³/mol. The highest BCUT2D eigenvalue weighted by atomic mass is 16.4. The summed E-state index contributed by atoms with van der Waals surface area (Å²) in [6.45, 7) is 2.65. The Labute approximate surface area is 260 Å². The number of carbonyl (C=O) groups excluding carboxylic acids is 4. The minimum Gasteiger partial charge on any atom is -0.416 e. The van der Waals surface area contributed by atoms with Gasteiger partial charge in [-0.15, -0.1) is 10.2 Å². The van der Waals surface area contributed by atoms with Crippen molar-refractivity contribution in [2.24, 2.45) is 0 Å². The smallest absolute Gasteiger partial charge is 0.248 e. The summed E-state index contributed by atoms with van der Waals surface area (Å²) < 4.78 is 5.90. The fourth-order valence-corrected chi connectivity index (χ4v) is 5.93. The average Bonchev–Trinajstić information content (AvgIpc) is 3.84. The predicted octanol–water partition coefficient (Wildman–Crippen LogP) is 4.53. The van der Waals surface area contributed by atoms with Gasteiger partial charge in [0, 0.05) is 42.5 Å². The molecule has 2 fully saturated rings. The fraction of sp³-hybridized carbons (Fsp3) is 0.294. The number of hydrogen-bond acceptors (Lipinski definition) is 7. The summed E-state index contributed by atoms with van der Waals surface area (Å²) >= 11 is 0. The first-order chi connectivity index (χ1) is 21.9. The van der Waals surface area contributed by atoms with Crippen LogP contribution in [0.1, 0.15) is 38.2 Å². The Morgan fingerprint density at radius 3 is 1.71 bits per heavy atom. The highest BCUT2D eigenvalue weighted by molar-refractivity contribution is 5.98. The van der Waals surface area contributed by atoms with E-state index in [2.05, 4.69) is 20.8 Å². The molecule has 2 atom stereocenters. The van der Waals surface area contributed by atoms with Gasteiger partial charge < -0.3 is 24.9 Å². The van der Waals surface area contributed by atoms with Gasteiger partial charge in [0.25, 0.3) is 0 Å². The number of benzene rings is 3. The van der Waals surface area contributed by atoms with Gasteiger partial charge in [-0.3, -0.25) is 19.2 Å². The minimum absolute atomic E-state index is 0.0501. The van der Waals surface area contributed by atoms with Gasteiger partial charge in [0.2, 0.25) is 35.4 Å². The Morgan fingerprint density at radius 1 is 0.711 bits per heavy atom. The lowest BCUT2D eigenvalue weighted by Gasteiger charge is -2.24. The third-order valence-corrected chi connectivity index (χ3v) is 8.26. The van der Waals surface area contributed by atoms with Crippen molar-refractivity contribution in [1.82, 2.24) is 20.0 Å². The van der Waals surface area contributed by atoms with E-state index >= 15 is 0 Å². The summed E-state index contributed by atoms with van der Waals surface area (Å²) in [6, 6.07) is 22.7. The molecule has 2 N–H and O–H groups in total. The molecule has 2 unspecified atom stereocenters. The van der Waals surface area contributed by atoms with Crippen molar-refractivity contribution in [2.45, 2.75) is 51.1 Å². The first-order valence-electron chi connectivity index (χ1n) is 15.1. The van der Waals surface area contributed by atoms with E-state index in [1.165, 1.54) is 6.92 Å². The van der Waals surface area contributed by atoms with E-state index in [4.69, 9.17) is 4.42 Å². The number of anilines is 2. The number of rotatable bonds is 8. The second-order valence-corrected chi connectivity index (χ2v) is 11.3. The van der Waals surface area contributed by atoms with Crippen LogP contribution in [0.15, 0.2) is 83.3 Å². The van der Waals surface area contributed by atoms with Gasteiger partial charge >= 0.3 is 0 Å². The zero-order valence-electron chi connectivity index (χ0n) is 24.9. The Balaban J connectivity index is 1.05. The molecule has 2 aliphatic rings. The molecule has 0 aliphatic carbocycles. The molecule has 0 spiro atoms. The molecule has 0 radical (unpaired) electrons. The summed E-state index contributed by atoms with van der Waals surface area (Å²) in [4.78, 5) is 53.8. The van der Waals surface area contributed by atoms with E-state index in [1.807, 2.05) is 30.3 Å². The van der Waals surface area contributed by atoms with E-state index in [0.29, 0.717) is 60.2 Å². The summed E-state index contributed by atoms with van der Waals surface area (Å²) in [6.07, 6.45) is 3.14. The van der Waals surface area contributed by atoms with E-state index in [1.54, 1.807) is 58.3 Å². The van der Waals surface area contributed by atoms with Crippen molar-refractivity contribution < 1.29 is 23.6 Å². The molecule has 4 aromatic rings. The third kappa shape index (κ3) is 6.77. The Hall–Kier alpha value is -5.32. The first kappa shape index (κ1) is 29.7. The molecular weight excluding hydrogens is 572 g/mol. The number of amides is 4. The van der Waals surface area contributed by atoms with Gasteiger partial charge in [-0.2, -0.15) is 0 Å². The molecule has 11 nitrogen and oxygen atoms in total. The van der Waals surface area contributed by atoms with Gasteiger partial charge in [-0.05, 0) is 79.8 Å². The Bertz CT molecular complexity index is 1690. The lowest BCUT2D eigenvalue weighted by atomic mass is 10.1. The van der Waals surface area contributed by atoms with Crippen molar-refractivity contribution in [3.05, 3.63) is 84.4 Å². The molecule has 1 aromatic heterocycles. The standard InChI is InChI=1S/C34H34N6O5/c1-22(41)39-19-5-9-28(39)31(43)35-26-15-11-24(12-16-26)33-37-38-34(45-33)25-13-17-27(18-14-25)36-32(44)29-10-6-20-40(29)30(42)21-23-7-3-2-4-8-23/h2-4,7-8,11-18,28-29H,5-6,9-10,19-21H2,1H3,(H,35,43)(H,36,44). The Kier molecular flexibility index (Phi) is 8.68. The van der Waals surface area contributed by atoms with Crippen molar-refractivity contribution in [3.63, 3.8) is 0 Å². The quantitative estimate of drug-likeness (QED) is 0.301. The topological polar surface area (TPSA) is 138 Å². The van der Waals surface area contributed by atoms with Crippen LogP contribution in [0.25, 0.3) is 22.9 Å². The maximum absolute atomic E-state index is 13.1. The van der Waals surface area contributed by atoms with E-state index in [9.17, 15) is 19.2 Å². The maximum Gasteiger partial charge on any atom is 0.248 e. The lowest BCUT2D eigenvalue weighted by Crippen LogP contribution is -2.43. The van der Waals surface area contributed by atoms with E-state index < -0.39 is 12.1 Å². The van der Waals surface area contributed by atoms with Gasteiger partial charge in [-0.25, -0.2) is 0 Å². The van der Waals surface area contributed by atoms with Crippen LogP contribution in [0.3, 0.4) is 0 Å². The maximum atomic E-state index is 13.1. The van der Waals surface area contributed by atoms with Gasteiger partial charge in [0.15, 0.2) is 0 Å². The molecular formula is C34H34N6O5. The number of aromatic nitrogens is 2. The van der Waals surface area contributed by atoms with Gasteiger partial charge in [0.05, 0.1) is 6.42 Å². The molecule has 3 heterocycles. The molecule has 3 aromatic carbocycles. The molecule has 2 saturated heterocycles. The molecule has 6 rings (SSSR count). The van der Waals surface area contributed by atoms with Crippen LogP contribution in [-0.4, -0.2) is 68.8 Å². The van der Waals surface area contributed by atoms with Crippen LogP contribution < -0.4 is 10.6 Å². The highest BCUT2D eigenvalue weighted by Gasteiger charge is 2.34. The second-order valence-electron chi connectivity index (χ2n) is 11.3. The minimum atomic E-state index is -0.503. The molecule has 2 aliphatic heterocycles. The molecule has 11 heteroatoms. The summed E-state index contributed by atoms with van der Waals surface area (Å²) in [5, 5.41) is 14.2. The first-order valence-corrected chi connectivity index (χ1v) is 15.1. The summed E-state index contributed by atoms with van der Waals surface area (Å²) in [5.74, 6) is 0.0800. The van der Waals surface area contributed by atoms with Crippen LogP contribution in [-0.2, 0) is 25.6 Å². The number of nitrogens with one attached hydrogen (secondary N) is 2. The van der Waals surface area contributed by atoms with E-state index in [-0.39, 0.29) is 30.0 Å². The summed E-state index contributed by atoms with van der Waals surface area (Å²) in [7, 11) is 0. The molecule has 45 heavy (non-hydrogen) atoms. The number of hydrogen-bond donors (Lipinski definition) is 2. The van der Waals surface area contributed by atoms with Crippen molar-refractivity contribution >= 4 is 35.0 Å². The average molecular weight is 607 g/mol. The van der Waals surface area contributed by atoms with E-state index in [0.717, 1.165) is 18.4 Å². The van der Waals surface area contributed by atoms with Crippen LogP contribution in [0.4, 0.5) is 11.4 Å². The molecule has 230 valence electrons. The molecule has 0 bridgehead atoms. The number of nitrogens with zero attached hydrogens (tertiary/aromatic N) is 4. The summed E-state index contributed by atoms with van der Waals surface area (Å²) in [5.41, 5.74) is 3.51. The van der Waals surface area contributed by atoms with Crippen LogP contribution in [0, 0.1) is 0 Å². The highest BCUT2D eigenvalue weighted by Crippen LogP contribution is 2.27. The van der Waals surface area contributed by atoms with Gasteiger partial charge in [0.1, 0.15) is 12.1 Å². The zero-order chi connectivity index (χ0) is 31.3. The molecule has 0 saturated carbocycles. The molecule has 4 amide bonds. The Morgan fingerprint density at radius 2 is 1.20 bits per heavy atom. The lowest BCUT2D eigenvalue weighted by molar-refractivity contribution is -0.136.